The van der Waals surface area contributed by atoms with E-state index in [1.807, 2.05) is 55.5 Å². The number of benzene rings is 3. The van der Waals surface area contributed by atoms with Crippen molar-refractivity contribution >= 4 is 5.78 Å². The molecule has 2 nitrogen and oxygen atoms in total. The minimum Gasteiger partial charge on any atom is -0.337 e. The van der Waals surface area contributed by atoms with Crippen LogP contribution < -0.4 is 0 Å². The second-order valence-electron chi connectivity index (χ2n) is 7.14. The number of aromatic nitrogens is 1. The summed E-state index contributed by atoms with van der Waals surface area (Å²) in [7, 11) is 0. The van der Waals surface area contributed by atoms with E-state index in [0.29, 0.717) is 23.4 Å². The average Bonchev–Trinajstić information content (AvgIpc) is 3.16. The largest absolute Gasteiger partial charge is 0.337 e. The molecule has 0 saturated heterocycles. The summed E-state index contributed by atoms with van der Waals surface area (Å²) in [6, 6.07) is 24.6. The first kappa shape index (κ1) is 16.7. The number of hydrogen-bond donors (Lipinski definition) is 0. The molecule has 1 heterocycles. The molecule has 0 aliphatic heterocycles. The number of ketones is 1. The minimum atomic E-state index is -0.327. The van der Waals surface area contributed by atoms with Crippen molar-refractivity contribution < 1.29 is 9.18 Å². The standard InChI is InChI=1S/C25H18FNO/c1-16-22(18-10-6-3-7-11-18)23-21-14-19(26)12-13-20(21)25(28)24(23)27(16)15-17-8-4-2-5-9-17/h2-14H,15H2,1H3. The van der Waals surface area contributed by atoms with E-state index >= 15 is 0 Å². The number of halogens is 1. The Balaban J connectivity index is 1.81. The second-order valence-corrected chi connectivity index (χ2v) is 7.14. The lowest BCUT2D eigenvalue weighted by molar-refractivity contribution is 0.103. The van der Waals surface area contributed by atoms with Gasteiger partial charge in [-0.2, -0.15) is 0 Å². The van der Waals surface area contributed by atoms with E-state index in [-0.39, 0.29) is 11.6 Å². The predicted octanol–water partition coefficient (Wildman–Crippen LogP) is 5.86. The molecular formula is C25H18FNO. The summed E-state index contributed by atoms with van der Waals surface area (Å²) < 4.78 is 16.1. The van der Waals surface area contributed by atoms with Crippen molar-refractivity contribution in [2.75, 3.05) is 0 Å². The Bertz CT molecular complexity index is 1210. The van der Waals surface area contributed by atoms with E-state index < -0.39 is 0 Å². The third kappa shape index (κ3) is 2.43. The molecule has 1 aliphatic carbocycles. The lowest BCUT2D eigenvalue weighted by atomic mass is 9.97. The summed E-state index contributed by atoms with van der Waals surface area (Å²) in [6.45, 7) is 2.64. The summed E-state index contributed by atoms with van der Waals surface area (Å²) >= 11 is 0. The lowest BCUT2D eigenvalue weighted by Gasteiger charge is -2.12. The number of hydrogen-bond acceptors (Lipinski definition) is 1. The van der Waals surface area contributed by atoms with Gasteiger partial charge in [0.15, 0.2) is 0 Å². The van der Waals surface area contributed by atoms with Crippen LogP contribution in [0.2, 0.25) is 0 Å². The molecule has 0 bridgehead atoms. The van der Waals surface area contributed by atoms with Crippen LogP contribution >= 0.6 is 0 Å². The zero-order valence-corrected chi connectivity index (χ0v) is 15.4. The third-order valence-corrected chi connectivity index (χ3v) is 5.48. The molecule has 0 radical (unpaired) electrons. The highest BCUT2D eigenvalue weighted by Gasteiger charge is 2.35. The van der Waals surface area contributed by atoms with E-state index in [1.54, 1.807) is 6.07 Å². The van der Waals surface area contributed by atoms with Crippen LogP contribution in [0.3, 0.4) is 0 Å². The Morgan fingerprint density at radius 1 is 0.821 bits per heavy atom. The van der Waals surface area contributed by atoms with Crippen LogP contribution in [0.15, 0.2) is 78.9 Å². The molecule has 0 saturated carbocycles. The number of carbonyl (C=O) groups is 1. The molecule has 3 heteroatoms. The Morgan fingerprint density at radius 2 is 1.50 bits per heavy atom. The van der Waals surface area contributed by atoms with Crippen LogP contribution in [0.25, 0.3) is 22.3 Å². The molecule has 1 aromatic heterocycles. The van der Waals surface area contributed by atoms with Gasteiger partial charge in [0.1, 0.15) is 5.82 Å². The molecule has 0 unspecified atom stereocenters. The smallest absolute Gasteiger partial charge is 0.210 e. The molecule has 0 atom stereocenters. The molecule has 1 aliphatic rings. The van der Waals surface area contributed by atoms with Crippen LogP contribution in [0.1, 0.15) is 27.3 Å². The predicted molar refractivity (Wildman–Crippen MR) is 109 cm³/mol. The molecule has 0 fully saturated rings. The molecule has 136 valence electrons. The third-order valence-electron chi connectivity index (χ3n) is 5.48. The van der Waals surface area contributed by atoms with Gasteiger partial charge < -0.3 is 4.57 Å². The van der Waals surface area contributed by atoms with Crippen molar-refractivity contribution in [3.8, 4) is 22.3 Å². The maximum Gasteiger partial charge on any atom is 0.210 e. The fraction of sp³-hybridized carbons (Fsp3) is 0.0800. The van der Waals surface area contributed by atoms with E-state index in [2.05, 4.69) is 16.7 Å². The van der Waals surface area contributed by atoms with E-state index in [0.717, 1.165) is 27.9 Å². The molecule has 28 heavy (non-hydrogen) atoms. The van der Waals surface area contributed by atoms with Crippen molar-refractivity contribution in [1.82, 2.24) is 4.57 Å². The first-order valence-electron chi connectivity index (χ1n) is 9.32. The van der Waals surface area contributed by atoms with Gasteiger partial charge in [-0.3, -0.25) is 4.79 Å². The van der Waals surface area contributed by atoms with E-state index in [9.17, 15) is 9.18 Å². The number of carbonyl (C=O) groups excluding carboxylic acids is 1. The Hall–Kier alpha value is -3.46. The average molecular weight is 367 g/mol. The van der Waals surface area contributed by atoms with E-state index in [4.69, 9.17) is 0 Å². The Morgan fingerprint density at radius 3 is 2.21 bits per heavy atom. The SMILES string of the molecule is Cc1c(-c2ccccc2)c2c(n1Cc1ccccc1)C(=O)c1ccc(F)cc1-2. The molecule has 4 aromatic rings. The first-order valence-corrected chi connectivity index (χ1v) is 9.32. The van der Waals surface area contributed by atoms with Gasteiger partial charge in [-0.25, -0.2) is 4.39 Å². The van der Waals surface area contributed by atoms with Crippen LogP contribution in [-0.2, 0) is 6.54 Å². The van der Waals surface area contributed by atoms with Crippen molar-refractivity contribution in [3.63, 3.8) is 0 Å². The topological polar surface area (TPSA) is 22.0 Å². The normalized spacial score (nSPS) is 12.1. The number of fused-ring (bicyclic) bond motifs is 3. The van der Waals surface area contributed by atoms with Gasteiger partial charge in [-0.1, -0.05) is 60.7 Å². The van der Waals surface area contributed by atoms with Gasteiger partial charge in [0, 0.05) is 28.9 Å². The minimum absolute atomic E-state index is 0.0359. The summed E-state index contributed by atoms with van der Waals surface area (Å²) in [5.74, 6) is -0.363. The summed E-state index contributed by atoms with van der Waals surface area (Å²) in [6.07, 6.45) is 0. The Labute approximate surface area is 162 Å². The highest BCUT2D eigenvalue weighted by atomic mass is 19.1. The lowest BCUT2D eigenvalue weighted by Crippen LogP contribution is -2.10. The summed E-state index contributed by atoms with van der Waals surface area (Å²) in [5, 5.41) is 0. The van der Waals surface area contributed by atoms with Crippen molar-refractivity contribution in [2.45, 2.75) is 13.5 Å². The van der Waals surface area contributed by atoms with Gasteiger partial charge in [-0.05, 0) is 41.8 Å². The van der Waals surface area contributed by atoms with Gasteiger partial charge in [0.25, 0.3) is 0 Å². The molecule has 0 amide bonds. The molecular weight excluding hydrogens is 349 g/mol. The number of nitrogens with zero attached hydrogens (tertiary/aromatic N) is 1. The monoisotopic (exact) mass is 367 g/mol. The highest BCUT2D eigenvalue weighted by molar-refractivity contribution is 6.23. The summed E-state index contributed by atoms with van der Waals surface area (Å²) in [4.78, 5) is 13.3. The molecule has 5 rings (SSSR count). The van der Waals surface area contributed by atoms with Crippen molar-refractivity contribution in [1.29, 1.82) is 0 Å². The number of rotatable bonds is 3. The maximum absolute atomic E-state index is 14.1. The van der Waals surface area contributed by atoms with Crippen LogP contribution in [0.5, 0.6) is 0 Å². The quantitative estimate of drug-likeness (QED) is 0.391. The zero-order chi connectivity index (χ0) is 19.3. The van der Waals surface area contributed by atoms with Crippen molar-refractivity contribution in [2.24, 2.45) is 0 Å². The zero-order valence-electron chi connectivity index (χ0n) is 15.4. The van der Waals surface area contributed by atoms with Crippen LogP contribution in [0.4, 0.5) is 4.39 Å². The maximum atomic E-state index is 14.1. The van der Waals surface area contributed by atoms with E-state index in [1.165, 1.54) is 12.1 Å². The van der Waals surface area contributed by atoms with Crippen LogP contribution in [0, 0.1) is 12.7 Å². The second kappa shape index (κ2) is 6.31. The molecule has 0 spiro atoms. The fourth-order valence-electron chi connectivity index (χ4n) is 4.21. The molecule has 3 aromatic carbocycles. The van der Waals surface area contributed by atoms with Crippen LogP contribution in [-0.4, -0.2) is 10.4 Å². The van der Waals surface area contributed by atoms with Gasteiger partial charge in [0.2, 0.25) is 5.78 Å². The van der Waals surface area contributed by atoms with Gasteiger partial charge in [0.05, 0.1) is 5.69 Å². The van der Waals surface area contributed by atoms with Gasteiger partial charge >= 0.3 is 0 Å². The Kier molecular flexibility index (Phi) is 3.76. The summed E-state index contributed by atoms with van der Waals surface area (Å²) in [5.41, 5.74) is 6.94. The first-order chi connectivity index (χ1) is 13.6. The highest BCUT2D eigenvalue weighted by Crippen LogP contribution is 2.46. The fourth-order valence-corrected chi connectivity index (χ4v) is 4.21. The molecule has 0 N–H and O–H groups in total. The van der Waals surface area contributed by atoms with Gasteiger partial charge in [-0.15, -0.1) is 0 Å². The van der Waals surface area contributed by atoms with Crippen molar-refractivity contribution in [3.05, 3.63) is 107 Å².